The van der Waals surface area contributed by atoms with Gasteiger partial charge in [0.25, 0.3) is 0 Å². The molecule has 2 rings (SSSR count). The molecule has 5 nitrogen and oxygen atoms in total. The van der Waals surface area contributed by atoms with Crippen molar-refractivity contribution in [2.24, 2.45) is 0 Å². The molecule has 0 bridgehead atoms. The Bertz CT molecular complexity index is 434. The van der Waals surface area contributed by atoms with Gasteiger partial charge in [-0.15, -0.1) is 5.10 Å². The lowest BCUT2D eigenvalue weighted by Gasteiger charge is -1.90. The molecule has 60 valence electrons. The minimum atomic E-state index is 0.207. The van der Waals surface area contributed by atoms with E-state index in [0.29, 0.717) is 11.2 Å². The number of aromatic nitrogens is 3. The van der Waals surface area contributed by atoms with Crippen molar-refractivity contribution in [3.63, 3.8) is 0 Å². The molecule has 0 radical (unpaired) electrons. The topological polar surface area (TPSA) is 73.3 Å². The third-order valence-corrected chi connectivity index (χ3v) is 1.51. The van der Waals surface area contributed by atoms with Gasteiger partial charge in [-0.05, 0) is 12.1 Å². The highest BCUT2D eigenvalue weighted by Gasteiger charge is 1.99. The molecule has 0 fully saturated rings. The molecule has 0 aliphatic heterocycles. The van der Waals surface area contributed by atoms with Gasteiger partial charge in [-0.3, -0.25) is 4.79 Å². The van der Waals surface area contributed by atoms with Crippen molar-refractivity contribution in [3.8, 4) is 0 Å². The number of hydrogen-bond donors (Lipinski definition) is 1. The van der Waals surface area contributed by atoms with Crippen LogP contribution >= 0.6 is 0 Å². The van der Waals surface area contributed by atoms with Gasteiger partial charge in [-0.25, -0.2) is 4.52 Å². The van der Waals surface area contributed by atoms with E-state index >= 15 is 0 Å². The van der Waals surface area contributed by atoms with E-state index in [0.717, 1.165) is 6.29 Å². The summed E-state index contributed by atoms with van der Waals surface area (Å²) in [5, 5.41) is 3.86. The molecule has 2 N–H and O–H groups in total. The van der Waals surface area contributed by atoms with Crippen LogP contribution in [0.15, 0.2) is 18.3 Å². The molecule has 0 aromatic carbocycles. The number of aldehydes is 1. The molecule has 5 heteroatoms. The minimum absolute atomic E-state index is 0.207. The van der Waals surface area contributed by atoms with Crippen molar-refractivity contribution >= 4 is 17.9 Å². The molecule has 0 aliphatic carbocycles. The molecule has 0 saturated carbocycles. The monoisotopic (exact) mass is 162 g/mol. The number of pyridine rings is 1. The summed E-state index contributed by atoms with van der Waals surface area (Å²) in [5.41, 5.74) is 6.50. The molecule has 0 amide bonds. The normalized spacial score (nSPS) is 10.3. The lowest BCUT2D eigenvalue weighted by atomic mass is 10.3. The van der Waals surface area contributed by atoms with Crippen molar-refractivity contribution in [3.05, 3.63) is 23.9 Å². The highest BCUT2D eigenvalue weighted by Crippen LogP contribution is 2.03. The number of carbonyl (C=O) groups is 1. The first-order valence-corrected chi connectivity index (χ1v) is 3.37. The van der Waals surface area contributed by atoms with Crippen LogP contribution in [0.3, 0.4) is 0 Å². The van der Waals surface area contributed by atoms with E-state index in [1.807, 2.05) is 0 Å². The van der Waals surface area contributed by atoms with Crippen molar-refractivity contribution in [1.29, 1.82) is 0 Å². The summed E-state index contributed by atoms with van der Waals surface area (Å²) in [6.07, 6.45) is 2.40. The first-order chi connectivity index (χ1) is 5.79. The van der Waals surface area contributed by atoms with Gasteiger partial charge < -0.3 is 5.73 Å². The largest absolute Gasteiger partial charge is 0.366 e. The second-order valence-electron chi connectivity index (χ2n) is 2.35. The smallest absolute Gasteiger partial charge is 0.240 e. The van der Waals surface area contributed by atoms with Gasteiger partial charge in [0.05, 0.1) is 0 Å². The zero-order valence-corrected chi connectivity index (χ0v) is 6.14. The average molecular weight is 162 g/mol. The van der Waals surface area contributed by atoms with Gasteiger partial charge in [0.1, 0.15) is 6.29 Å². The first kappa shape index (κ1) is 6.78. The van der Waals surface area contributed by atoms with Gasteiger partial charge in [-0.1, -0.05) is 0 Å². The lowest BCUT2D eigenvalue weighted by Crippen LogP contribution is -1.89. The summed E-state index contributed by atoms with van der Waals surface area (Å²) in [5.74, 6) is 0.207. The number of nitrogens with two attached hydrogens (primary N) is 1. The van der Waals surface area contributed by atoms with Crippen molar-refractivity contribution in [1.82, 2.24) is 14.6 Å². The van der Waals surface area contributed by atoms with Crippen LogP contribution in [0.4, 0.5) is 5.95 Å². The van der Waals surface area contributed by atoms with Gasteiger partial charge in [0, 0.05) is 11.8 Å². The number of nitrogens with zero attached hydrogens (tertiary/aromatic N) is 3. The zero-order chi connectivity index (χ0) is 8.55. The van der Waals surface area contributed by atoms with E-state index in [1.165, 1.54) is 4.52 Å². The molecule has 0 unspecified atom stereocenters. The van der Waals surface area contributed by atoms with Gasteiger partial charge in [-0.2, -0.15) is 4.98 Å². The maximum atomic E-state index is 10.4. The second kappa shape index (κ2) is 2.30. The number of carbonyl (C=O) groups excluding carboxylic acids is 1. The SMILES string of the molecule is Nc1nc2cc(C=O)ccn2n1. The number of rotatable bonds is 1. The Morgan fingerprint density at radius 1 is 1.58 bits per heavy atom. The van der Waals surface area contributed by atoms with E-state index in [-0.39, 0.29) is 5.95 Å². The fraction of sp³-hybridized carbons (Fsp3) is 0. The number of hydrogen-bond acceptors (Lipinski definition) is 4. The summed E-state index contributed by atoms with van der Waals surface area (Å²) < 4.78 is 1.52. The van der Waals surface area contributed by atoms with Crippen LogP contribution in [0, 0.1) is 0 Å². The van der Waals surface area contributed by atoms with Gasteiger partial charge >= 0.3 is 0 Å². The van der Waals surface area contributed by atoms with Crippen LogP contribution < -0.4 is 5.73 Å². The Kier molecular flexibility index (Phi) is 1.30. The summed E-state index contributed by atoms with van der Waals surface area (Å²) in [7, 11) is 0. The highest BCUT2D eigenvalue weighted by atomic mass is 16.1. The van der Waals surface area contributed by atoms with Crippen molar-refractivity contribution in [2.45, 2.75) is 0 Å². The predicted octanol–water partition coefficient (Wildman–Crippen LogP) is 0.124. The molecule has 2 aromatic heterocycles. The fourth-order valence-corrected chi connectivity index (χ4v) is 0.988. The standard InChI is InChI=1S/C7H6N4O/c8-7-9-6-3-5(4-12)1-2-11(6)10-7/h1-4H,(H2,8,10). The van der Waals surface area contributed by atoms with Crippen LogP contribution in [0.2, 0.25) is 0 Å². The second-order valence-corrected chi connectivity index (χ2v) is 2.35. The fourth-order valence-electron chi connectivity index (χ4n) is 0.988. The quantitative estimate of drug-likeness (QED) is 0.604. The van der Waals surface area contributed by atoms with E-state index in [4.69, 9.17) is 5.73 Å². The average Bonchev–Trinajstić information content (AvgIpc) is 2.43. The summed E-state index contributed by atoms with van der Waals surface area (Å²) >= 11 is 0. The lowest BCUT2D eigenvalue weighted by molar-refractivity contribution is 0.112. The molecular weight excluding hydrogens is 156 g/mol. The Morgan fingerprint density at radius 3 is 3.17 bits per heavy atom. The molecule has 0 aliphatic rings. The summed E-state index contributed by atoms with van der Waals surface area (Å²) in [4.78, 5) is 14.3. The van der Waals surface area contributed by atoms with Gasteiger partial charge in [0.2, 0.25) is 5.95 Å². The number of anilines is 1. The molecule has 0 saturated heterocycles. The minimum Gasteiger partial charge on any atom is -0.366 e. The molecular formula is C7H6N4O. The Balaban J connectivity index is 2.74. The van der Waals surface area contributed by atoms with E-state index in [9.17, 15) is 4.79 Å². The first-order valence-electron chi connectivity index (χ1n) is 3.37. The Labute approximate surface area is 67.8 Å². The Hall–Kier alpha value is -1.91. The summed E-state index contributed by atoms with van der Waals surface area (Å²) in [6, 6.07) is 3.27. The molecule has 0 atom stereocenters. The summed E-state index contributed by atoms with van der Waals surface area (Å²) in [6.45, 7) is 0. The van der Waals surface area contributed by atoms with E-state index in [1.54, 1.807) is 18.3 Å². The zero-order valence-electron chi connectivity index (χ0n) is 6.14. The number of nitrogen functional groups attached to an aromatic ring is 1. The third kappa shape index (κ3) is 0.914. The third-order valence-electron chi connectivity index (χ3n) is 1.51. The van der Waals surface area contributed by atoms with Crippen molar-refractivity contribution in [2.75, 3.05) is 5.73 Å². The molecule has 2 aromatic rings. The molecule has 12 heavy (non-hydrogen) atoms. The van der Waals surface area contributed by atoms with Crippen LogP contribution in [-0.2, 0) is 0 Å². The van der Waals surface area contributed by atoms with Crippen LogP contribution in [0.25, 0.3) is 5.65 Å². The van der Waals surface area contributed by atoms with E-state index in [2.05, 4.69) is 10.1 Å². The van der Waals surface area contributed by atoms with Gasteiger partial charge in [0.15, 0.2) is 5.65 Å². The van der Waals surface area contributed by atoms with Crippen LogP contribution in [0.1, 0.15) is 10.4 Å². The van der Waals surface area contributed by atoms with Crippen LogP contribution in [0.5, 0.6) is 0 Å². The number of fused-ring (bicyclic) bond motifs is 1. The highest BCUT2D eigenvalue weighted by molar-refractivity contribution is 5.76. The van der Waals surface area contributed by atoms with Crippen LogP contribution in [-0.4, -0.2) is 20.9 Å². The molecule has 2 heterocycles. The van der Waals surface area contributed by atoms with Crippen molar-refractivity contribution < 1.29 is 4.79 Å². The molecule has 0 spiro atoms. The van der Waals surface area contributed by atoms with E-state index < -0.39 is 0 Å². The Morgan fingerprint density at radius 2 is 2.42 bits per heavy atom. The maximum Gasteiger partial charge on any atom is 0.240 e. The predicted molar refractivity (Wildman–Crippen MR) is 42.8 cm³/mol. The maximum absolute atomic E-state index is 10.4.